The fourth-order valence-corrected chi connectivity index (χ4v) is 1.89. The van der Waals surface area contributed by atoms with Crippen molar-refractivity contribution in [1.29, 1.82) is 0 Å². The molecule has 1 atom stereocenters. The zero-order chi connectivity index (χ0) is 16.2. The first-order chi connectivity index (χ1) is 9.76. The van der Waals surface area contributed by atoms with Crippen LogP contribution in [0.1, 0.15) is 30.6 Å². The summed E-state index contributed by atoms with van der Waals surface area (Å²) in [6.45, 7) is 3.85. The van der Waals surface area contributed by atoms with Crippen molar-refractivity contribution in [3.63, 3.8) is 0 Å². The lowest BCUT2D eigenvalue weighted by Gasteiger charge is -2.20. The molecule has 0 heterocycles. The predicted octanol–water partition coefficient (Wildman–Crippen LogP) is 2.11. The molecule has 0 bridgehead atoms. The number of benzene rings is 1. The van der Waals surface area contributed by atoms with Gasteiger partial charge in [0.2, 0.25) is 0 Å². The van der Waals surface area contributed by atoms with E-state index in [-0.39, 0.29) is 17.3 Å². The SMILES string of the molecule is COC(=O)C(CC(C)C)Nc1cc(F)c(C(=O)O)cc1N. The van der Waals surface area contributed by atoms with E-state index in [0.29, 0.717) is 6.42 Å². The van der Waals surface area contributed by atoms with Gasteiger partial charge in [-0.3, -0.25) is 0 Å². The lowest BCUT2D eigenvalue weighted by atomic mass is 10.0. The lowest BCUT2D eigenvalue weighted by molar-refractivity contribution is -0.141. The minimum atomic E-state index is -1.41. The Hall–Kier alpha value is -2.31. The molecule has 1 aromatic carbocycles. The monoisotopic (exact) mass is 298 g/mol. The fourth-order valence-electron chi connectivity index (χ4n) is 1.89. The number of carboxylic acids is 1. The number of ether oxygens (including phenoxy) is 1. The van der Waals surface area contributed by atoms with Crippen LogP contribution >= 0.6 is 0 Å². The highest BCUT2D eigenvalue weighted by Gasteiger charge is 2.22. The van der Waals surface area contributed by atoms with E-state index < -0.39 is 29.4 Å². The Bertz CT molecular complexity index is 546. The first-order valence-corrected chi connectivity index (χ1v) is 6.43. The minimum absolute atomic E-state index is 0.0476. The second-order valence-corrected chi connectivity index (χ2v) is 5.07. The number of methoxy groups -OCH3 is 1. The molecule has 1 unspecified atom stereocenters. The Labute approximate surface area is 122 Å². The van der Waals surface area contributed by atoms with Crippen molar-refractivity contribution >= 4 is 23.3 Å². The highest BCUT2D eigenvalue weighted by Crippen LogP contribution is 2.25. The molecule has 4 N–H and O–H groups in total. The van der Waals surface area contributed by atoms with Crippen LogP contribution in [0.15, 0.2) is 12.1 Å². The van der Waals surface area contributed by atoms with Gasteiger partial charge in [0.05, 0.1) is 24.0 Å². The molecule has 0 aliphatic carbocycles. The molecule has 1 aromatic rings. The molecule has 0 spiro atoms. The number of carboxylic acid groups (broad SMARTS) is 1. The molecule has 0 amide bonds. The summed E-state index contributed by atoms with van der Waals surface area (Å²) in [6.07, 6.45) is 0.467. The van der Waals surface area contributed by atoms with Gasteiger partial charge in [-0.15, -0.1) is 0 Å². The van der Waals surface area contributed by atoms with Crippen LogP contribution in [0, 0.1) is 11.7 Å². The van der Waals surface area contributed by atoms with Gasteiger partial charge in [0.25, 0.3) is 0 Å². The molecule has 0 aliphatic rings. The zero-order valence-electron chi connectivity index (χ0n) is 12.1. The number of halogens is 1. The van der Waals surface area contributed by atoms with Crippen molar-refractivity contribution < 1.29 is 23.8 Å². The molecular formula is C14H19FN2O4. The number of esters is 1. The predicted molar refractivity (Wildman–Crippen MR) is 76.7 cm³/mol. The van der Waals surface area contributed by atoms with Gasteiger partial charge in [0.1, 0.15) is 11.9 Å². The second kappa shape index (κ2) is 6.92. The maximum absolute atomic E-state index is 13.7. The van der Waals surface area contributed by atoms with Crippen LogP contribution in [-0.4, -0.2) is 30.2 Å². The van der Waals surface area contributed by atoms with Crippen molar-refractivity contribution in [3.8, 4) is 0 Å². The number of nitrogen functional groups attached to an aromatic ring is 1. The molecule has 0 radical (unpaired) electrons. The van der Waals surface area contributed by atoms with Crippen LogP contribution in [0.4, 0.5) is 15.8 Å². The molecule has 7 heteroatoms. The van der Waals surface area contributed by atoms with Crippen LogP contribution in [-0.2, 0) is 9.53 Å². The van der Waals surface area contributed by atoms with Crippen molar-refractivity contribution in [1.82, 2.24) is 0 Å². The highest BCUT2D eigenvalue weighted by molar-refractivity contribution is 5.91. The van der Waals surface area contributed by atoms with Crippen LogP contribution < -0.4 is 11.1 Å². The third kappa shape index (κ3) is 4.34. The minimum Gasteiger partial charge on any atom is -0.478 e. The summed E-state index contributed by atoms with van der Waals surface area (Å²) in [4.78, 5) is 22.5. The molecule has 116 valence electrons. The normalized spacial score (nSPS) is 12.0. The summed E-state index contributed by atoms with van der Waals surface area (Å²) < 4.78 is 18.4. The number of aromatic carboxylic acids is 1. The fraction of sp³-hybridized carbons (Fsp3) is 0.429. The Morgan fingerprint density at radius 2 is 2.05 bits per heavy atom. The van der Waals surface area contributed by atoms with E-state index in [1.165, 1.54) is 7.11 Å². The van der Waals surface area contributed by atoms with Gasteiger partial charge in [-0.05, 0) is 24.5 Å². The van der Waals surface area contributed by atoms with Crippen molar-refractivity contribution in [2.75, 3.05) is 18.2 Å². The molecule has 0 aromatic heterocycles. The highest BCUT2D eigenvalue weighted by atomic mass is 19.1. The average Bonchev–Trinajstić information content (AvgIpc) is 2.39. The Morgan fingerprint density at radius 3 is 2.52 bits per heavy atom. The van der Waals surface area contributed by atoms with E-state index in [9.17, 15) is 14.0 Å². The van der Waals surface area contributed by atoms with E-state index in [4.69, 9.17) is 10.8 Å². The molecule has 1 rings (SSSR count). The molecular weight excluding hydrogens is 279 g/mol. The molecule has 0 fully saturated rings. The molecule has 6 nitrogen and oxygen atoms in total. The number of hydrogen-bond donors (Lipinski definition) is 3. The van der Waals surface area contributed by atoms with Crippen molar-refractivity contribution in [3.05, 3.63) is 23.5 Å². The lowest BCUT2D eigenvalue weighted by Crippen LogP contribution is -2.32. The average molecular weight is 298 g/mol. The van der Waals surface area contributed by atoms with Crippen LogP contribution in [0.25, 0.3) is 0 Å². The largest absolute Gasteiger partial charge is 0.478 e. The summed E-state index contributed by atoms with van der Waals surface area (Å²) in [7, 11) is 1.26. The van der Waals surface area contributed by atoms with Gasteiger partial charge in [-0.2, -0.15) is 0 Å². The maximum Gasteiger partial charge on any atom is 0.338 e. The van der Waals surface area contributed by atoms with Gasteiger partial charge >= 0.3 is 11.9 Å². The van der Waals surface area contributed by atoms with E-state index in [1.807, 2.05) is 13.8 Å². The second-order valence-electron chi connectivity index (χ2n) is 5.07. The summed E-state index contributed by atoms with van der Waals surface area (Å²) >= 11 is 0. The number of nitrogens with two attached hydrogens (primary N) is 1. The van der Waals surface area contributed by atoms with E-state index in [1.54, 1.807) is 0 Å². The number of nitrogens with one attached hydrogen (secondary N) is 1. The van der Waals surface area contributed by atoms with Crippen LogP contribution in [0.3, 0.4) is 0 Å². The number of carbonyl (C=O) groups is 2. The molecule has 21 heavy (non-hydrogen) atoms. The summed E-state index contributed by atoms with van der Waals surface area (Å²) in [6, 6.07) is 1.30. The molecule has 0 saturated carbocycles. The van der Waals surface area contributed by atoms with E-state index in [0.717, 1.165) is 12.1 Å². The molecule has 0 aliphatic heterocycles. The topological polar surface area (TPSA) is 102 Å². The Morgan fingerprint density at radius 1 is 1.43 bits per heavy atom. The van der Waals surface area contributed by atoms with E-state index in [2.05, 4.69) is 10.1 Å². The van der Waals surface area contributed by atoms with Gasteiger partial charge in [-0.1, -0.05) is 13.8 Å². The Balaban J connectivity index is 3.06. The number of carbonyl (C=O) groups excluding carboxylic acids is 1. The number of hydrogen-bond acceptors (Lipinski definition) is 5. The van der Waals surface area contributed by atoms with Crippen LogP contribution in [0.5, 0.6) is 0 Å². The third-order valence-electron chi connectivity index (χ3n) is 2.89. The molecule has 0 saturated heterocycles. The third-order valence-corrected chi connectivity index (χ3v) is 2.89. The van der Waals surface area contributed by atoms with E-state index >= 15 is 0 Å². The number of rotatable bonds is 6. The van der Waals surface area contributed by atoms with Gasteiger partial charge in [-0.25, -0.2) is 14.0 Å². The van der Waals surface area contributed by atoms with Crippen molar-refractivity contribution in [2.45, 2.75) is 26.3 Å². The summed E-state index contributed by atoms with van der Waals surface area (Å²) in [5.41, 5.74) is 5.40. The van der Waals surface area contributed by atoms with Gasteiger partial charge in [0, 0.05) is 0 Å². The van der Waals surface area contributed by atoms with Crippen molar-refractivity contribution in [2.24, 2.45) is 5.92 Å². The maximum atomic E-state index is 13.7. The van der Waals surface area contributed by atoms with Crippen LogP contribution in [0.2, 0.25) is 0 Å². The van der Waals surface area contributed by atoms with Gasteiger partial charge in [0.15, 0.2) is 0 Å². The summed E-state index contributed by atoms with van der Waals surface area (Å²) in [5.74, 6) is -2.62. The standard InChI is InChI=1S/C14H19FN2O4/c1-7(2)4-12(14(20)21-3)17-11-6-9(15)8(13(18)19)5-10(11)16/h5-7,12,17H,4,16H2,1-3H3,(H,18,19). The first kappa shape index (κ1) is 16.7. The zero-order valence-corrected chi connectivity index (χ0v) is 12.1. The first-order valence-electron chi connectivity index (χ1n) is 6.43. The number of anilines is 2. The van der Waals surface area contributed by atoms with Gasteiger partial charge < -0.3 is 20.9 Å². The summed E-state index contributed by atoms with van der Waals surface area (Å²) in [5, 5.41) is 11.6. The Kier molecular flexibility index (Phi) is 5.52. The smallest absolute Gasteiger partial charge is 0.338 e. The quantitative estimate of drug-likeness (QED) is 0.549.